The van der Waals surface area contributed by atoms with Gasteiger partial charge in [-0.2, -0.15) is 0 Å². The molecule has 2 nitrogen and oxygen atoms in total. The van der Waals surface area contributed by atoms with E-state index in [4.69, 9.17) is 0 Å². The van der Waals surface area contributed by atoms with E-state index in [1.54, 1.807) is 0 Å². The minimum atomic E-state index is 0.0941. The number of hydrogen-bond acceptors (Lipinski definition) is 1. The zero-order valence-corrected chi connectivity index (χ0v) is 11.2. The predicted molar refractivity (Wildman–Crippen MR) is 70.3 cm³/mol. The first kappa shape index (κ1) is 12.2. The Labute approximate surface area is 104 Å². The molecule has 17 heavy (non-hydrogen) atoms. The van der Waals surface area contributed by atoms with Gasteiger partial charge in [0.15, 0.2) is 0 Å². The van der Waals surface area contributed by atoms with Gasteiger partial charge in [-0.1, -0.05) is 32.9 Å². The van der Waals surface area contributed by atoms with E-state index in [9.17, 15) is 4.79 Å². The van der Waals surface area contributed by atoms with E-state index in [-0.39, 0.29) is 11.3 Å². The molecule has 1 aliphatic heterocycles. The highest BCUT2D eigenvalue weighted by Crippen LogP contribution is 2.25. The second-order valence-electron chi connectivity index (χ2n) is 5.97. The van der Waals surface area contributed by atoms with Crippen LogP contribution in [0.5, 0.6) is 0 Å². The van der Waals surface area contributed by atoms with Crippen LogP contribution in [0.3, 0.4) is 0 Å². The first-order valence-corrected chi connectivity index (χ1v) is 6.31. The highest BCUT2D eigenvalue weighted by molar-refractivity contribution is 5.95. The number of benzene rings is 1. The molecule has 0 aliphatic carbocycles. The molecule has 0 bridgehead atoms. The number of hydrogen-bond donors (Lipinski definition) is 0. The van der Waals surface area contributed by atoms with Gasteiger partial charge in [-0.3, -0.25) is 4.79 Å². The molecule has 0 saturated carbocycles. The van der Waals surface area contributed by atoms with Crippen molar-refractivity contribution in [1.29, 1.82) is 0 Å². The molecular weight excluding hydrogens is 210 g/mol. The second-order valence-corrected chi connectivity index (χ2v) is 5.97. The van der Waals surface area contributed by atoms with Crippen LogP contribution in [0.2, 0.25) is 0 Å². The molecule has 1 fully saturated rings. The smallest absolute Gasteiger partial charge is 0.254 e. The molecule has 92 valence electrons. The van der Waals surface area contributed by atoms with Crippen LogP contribution in [0.4, 0.5) is 0 Å². The normalized spacial score (nSPS) is 20.0. The van der Waals surface area contributed by atoms with Gasteiger partial charge in [0.1, 0.15) is 0 Å². The maximum atomic E-state index is 12.2. The zero-order valence-electron chi connectivity index (χ0n) is 11.2. The maximum absolute atomic E-state index is 12.2. The summed E-state index contributed by atoms with van der Waals surface area (Å²) in [5.74, 6) is 0.176. The topological polar surface area (TPSA) is 20.3 Å². The fourth-order valence-corrected chi connectivity index (χ4v) is 2.10. The summed E-state index contributed by atoms with van der Waals surface area (Å²) in [5.41, 5.74) is 2.14. The van der Waals surface area contributed by atoms with Gasteiger partial charge in [0.05, 0.1) is 0 Å². The van der Waals surface area contributed by atoms with E-state index in [0.29, 0.717) is 6.04 Å². The number of rotatable bonds is 1. The van der Waals surface area contributed by atoms with Crippen LogP contribution in [0.1, 0.15) is 50.0 Å². The van der Waals surface area contributed by atoms with Gasteiger partial charge < -0.3 is 4.90 Å². The van der Waals surface area contributed by atoms with E-state index in [2.05, 4.69) is 33.8 Å². The third kappa shape index (κ3) is 2.36. The first-order chi connectivity index (χ1) is 7.89. The summed E-state index contributed by atoms with van der Waals surface area (Å²) < 4.78 is 0. The molecule has 1 aromatic carbocycles. The highest BCUT2D eigenvalue weighted by atomic mass is 16.2. The Bertz CT molecular complexity index is 431. The largest absolute Gasteiger partial charge is 0.336 e. The van der Waals surface area contributed by atoms with Crippen LogP contribution in [0, 0.1) is 0 Å². The van der Waals surface area contributed by atoms with Crippen molar-refractivity contribution in [3.8, 4) is 0 Å². The van der Waals surface area contributed by atoms with Gasteiger partial charge in [0, 0.05) is 18.2 Å². The molecule has 2 rings (SSSR count). The number of amides is 1. The Morgan fingerprint density at radius 3 is 2.53 bits per heavy atom. The highest BCUT2D eigenvalue weighted by Gasteiger charge is 2.29. The number of likely N-dealkylation sites (tertiary alicyclic amines) is 1. The Morgan fingerprint density at radius 1 is 1.35 bits per heavy atom. The molecule has 0 radical (unpaired) electrons. The minimum absolute atomic E-state index is 0.0941. The van der Waals surface area contributed by atoms with Crippen molar-refractivity contribution in [2.24, 2.45) is 0 Å². The molecule has 0 aromatic heterocycles. The van der Waals surface area contributed by atoms with E-state index in [1.165, 1.54) is 5.56 Å². The van der Waals surface area contributed by atoms with Gasteiger partial charge in [-0.15, -0.1) is 0 Å². The number of carbonyl (C=O) groups excluding carboxylic acids is 1. The zero-order chi connectivity index (χ0) is 12.6. The quantitative estimate of drug-likeness (QED) is 0.726. The first-order valence-electron chi connectivity index (χ1n) is 6.31. The molecular formula is C15H21NO. The maximum Gasteiger partial charge on any atom is 0.254 e. The van der Waals surface area contributed by atoms with Crippen molar-refractivity contribution in [3.05, 3.63) is 35.4 Å². The number of carbonyl (C=O) groups is 1. The molecule has 1 heterocycles. The molecule has 0 spiro atoms. The summed E-state index contributed by atoms with van der Waals surface area (Å²) >= 11 is 0. The van der Waals surface area contributed by atoms with Crippen molar-refractivity contribution in [3.63, 3.8) is 0 Å². The van der Waals surface area contributed by atoms with Gasteiger partial charge in [-0.25, -0.2) is 0 Å². The average molecular weight is 231 g/mol. The van der Waals surface area contributed by atoms with Gasteiger partial charge in [0.25, 0.3) is 5.91 Å². The van der Waals surface area contributed by atoms with E-state index in [1.807, 2.05) is 23.1 Å². The fraction of sp³-hybridized carbons (Fsp3) is 0.533. The van der Waals surface area contributed by atoms with Gasteiger partial charge >= 0.3 is 0 Å². The summed E-state index contributed by atoms with van der Waals surface area (Å²) in [6.07, 6.45) is 1.13. The lowest BCUT2D eigenvalue weighted by Crippen LogP contribution is -2.49. The standard InChI is InChI=1S/C15H21NO/c1-11-8-9-16(11)14(17)12-6-5-7-13(10-12)15(2,3)4/h5-7,10-11H,8-9H2,1-4H3. The summed E-state index contributed by atoms with van der Waals surface area (Å²) in [6.45, 7) is 9.52. The fourth-order valence-electron chi connectivity index (χ4n) is 2.10. The molecule has 1 aromatic rings. The van der Waals surface area contributed by atoms with Gasteiger partial charge in [-0.05, 0) is 36.5 Å². The second kappa shape index (κ2) is 4.17. The van der Waals surface area contributed by atoms with Gasteiger partial charge in [0.2, 0.25) is 0 Å². The van der Waals surface area contributed by atoms with Crippen molar-refractivity contribution in [2.45, 2.75) is 45.6 Å². The Balaban J connectivity index is 2.24. The van der Waals surface area contributed by atoms with E-state index in [0.717, 1.165) is 18.5 Å². The Morgan fingerprint density at radius 2 is 2.06 bits per heavy atom. The molecule has 1 amide bonds. The van der Waals surface area contributed by atoms with Crippen molar-refractivity contribution in [1.82, 2.24) is 4.90 Å². The molecule has 0 N–H and O–H groups in total. The Hall–Kier alpha value is -1.31. The molecule has 2 heteroatoms. The van der Waals surface area contributed by atoms with Crippen molar-refractivity contribution < 1.29 is 4.79 Å². The van der Waals surface area contributed by atoms with Crippen molar-refractivity contribution in [2.75, 3.05) is 6.54 Å². The molecule has 1 atom stereocenters. The molecule has 1 saturated heterocycles. The lowest BCUT2D eigenvalue weighted by Gasteiger charge is -2.38. The molecule has 1 unspecified atom stereocenters. The third-order valence-electron chi connectivity index (χ3n) is 3.56. The van der Waals surface area contributed by atoms with Crippen LogP contribution in [0.15, 0.2) is 24.3 Å². The average Bonchev–Trinajstić information content (AvgIpc) is 2.26. The molecule has 1 aliphatic rings. The Kier molecular flexibility index (Phi) is 2.98. The lowest BCUT2D eigenvalue weighted by atomic mass is 9.86. The van der Waals surface area contributed by atoms with Crippen LogP contribution in [0.25, 0.3) is 0 Å². The summed E-state index contributed by atoms with van der Waals surface area (Å²) in [7, 11) is 0. The SMILES string of the molecule is CC1CCN1C(=O)c1cccc(C(C)(C)C)c1. The van der Waals surface area contributed by atoms with Crippen LogP contribution in [-0.2, 0) is 5.41 Å². The lowest BCUT2D eigenvalue weighted by molar-refractivity contribution is 0.0502. The van der Waals surface area contributed by atoms with Crippen LogP contribution in [-0.4, -0.2) is 23.4 Å². The van der Waals surface area contributed by atoms with Crippen LogP contribution < -0.4 is 0 Å². The van der Waals surface area contributed by atoms with E-state index >= 15 is 0 Å². The predicted octanol–water partition coefficient (Wildman–Crippen LogP) is 3.22. The monoisotopic (exact) mass is 231 g/mol. The van der Waals surface area contributed by atoms with Crippen LogP contribution >= 0.6 is 0 Å². The summed E-state index contributed by atoms with van der Waals surface area (Å²) in [4.78, 5) is 14.2. The summed E-state index contributed by atoms with van der Waals surface area (Å²) in [5, 5.41) is 0. The third-order valence-corrected chi connectivity index (χ3v) is 3.56. The number of nitrogens with zero attached hydrogens (tertiary/aromatic N) is 1. The summed E-state index contributed by atoms with van der Waals surface area (Å²) in [6, 6.07) is 8.44. The van der Waals surface area contributed by atoms with Crippen molar-refractivity contribution >= 4 is 5.91 Å². The minimum Gasteiger partial charge on any atom is -0.336 e. The van der Waals surface area contributed by atoms with E-state index < -0.39 is 0 Å².